The van der Waals surface area contributed by atoms with Gasteiger partial charge in [0.25, 0.3) is 5.91 Å². The maximum Gasteiger partial charge on any atom is 0.332 e. The van der Waals surface area contributed by atoms with Gasteiger partial charge in [0, 0.05) is 31.5 Å². The van der Waals surface area contributed by atoms with E-state index in [0.29, 0.717) is 49.5 Å². The Morgan fingerprint density at radius 1 is 1.02 bits per heavy atom. The lowest BCUT2D eigenvalue weighted by Gasteiger charge is -2.27. The summed E-state index contributed by atoms with van der Waals surface area (Å²) in [6, 6.07) is 18.0. The Hall–Kier alpha value is -4.91. The predicted octanol–water partition coefficient (Wildman–Crippen LogP) is 5.65. The molecule has 5 heterocycles. The normalized spacial score (nSPS) is 15.0. The SMILES string of the molecule is O=C(Nc1ccc(CN2CCOCC2)cc1)c1sc2ncnc3c2c1NC(=O)N3c1ccc(Oc2cccnc2)cc1. The number of nitrogens with zero attached hydrogens (tertiary/aromatic N) is 5. The van der Waals surface area contributed by atoms with Gasteiger partial charge in [-0.3, -0.25) is 14.7 Å². The van der Waals surface area contributed by atoms with Crippen LogP contribution in [0.25, 0.3) is 10.2 Å². The molecule has 1 saturated heterocycles. The number of ether oxygens (including phenoxy) is 2. The quantitative estimate of drug-likeness (QED) is 0.254. The highest BCUT2D eigenvalue weighted by atomic mass is 32.1. The van der Waals surface area contributed by atoms with Crippen molar-refractivity contribution in [1.82, 2.24) is 19.9 Å². The summed E-state index contributed by atoms with van der Waals surface area (Å²) in [7, 11) is 0. The van der Waals surface area contributed by atoms with Crippen LogP contribution in [0.1, 0.15) is 15.2 Å². The lowest BCUT2D eigenvalue weighted by Crippen LogP contribution is -2.35. The minimum absolute atomic E-state index is 0.328. The van der Waals surface area contributed by atoms with Crippen LogP contribution in [0.15, 0.2) is 79.4 Å². The highest BCUT2D eigenvalue weighted by Gasteiger charge is 2.33. The number of anilines is 4. The average Bonchev–Trinajstić information content (AvgIpc) is 3.39. The molecule has 7 rings (SSSR count). The van der Waals surface area contributed by atoms with Crippen molar-refractivity contribution in [2.45, 2.75) is 6.54 Å². The summed E-state index contributed by atoms with van der Waals surface area (Å²) in [5.74, 6) is 1.28. The third-order valence-electron chi connectivity index (χ3n) is 7.01. The van der Waals surface area contributed by atoms with Crippen molar-refractivity contribution < 1.29 is 19.1 Å². The molecule has 0 saturated carbocycles. The topological polar surface area (TPSA) is 122 Å². The van der Waals surface area contributed by atoms with Gasteiger partial charge < -0.3 is 20.1 Å². The van der Waals surface area contributed by atoms with E-state index in [-0.39, 0.29) is 5.91 Å². The molecule has 12 heteroatoms. The number of amides is 3. The molecule has 2 aliphatic heterocycles. The van der Waals surface area contributed by atoms with E-state index < -0.39 is 6.03 Å². The summed E-state index contributed by atoms with van der Waals surface area (Å²) in [6.45, 7) is 4.16. The fourth-order valence-corrected chi connectivity index (χ4v) is 5.96. The van der Waals surface area contributed by atoms with Crippen LogP contribution in [0.4, 0.5) is 27.7 Å². The first kappa shape index (κ1) is 26.0. The smallest absolute Gasteiger partial charge is 0.332 e. The second kappa shape index (κ2) is 11.2. The van der Waals surface area contributed by atoms with Gasteiger partial charge in [0.05, 0.1) is 36.2 Å². The number of hydrogen-bond donors (Lipinski definition) is 2. The molecule has 11 nitrogen and oxygen atoms in total. The van der Waals surface area contributed by atoms with E-state index in [1.54, 1.807) is 42.7 Å². The van der Waals surface area contributed by atoms with Crippen molar-refractivity contribution in [2.75, 3.05) is 41.8 Å². The number of hydrogen-bond acceptors (Lipinski definition) is 9. The van der Waals surface area contributed by atoms with Crippen LogP contribution in [-0.4, -0.2) is 58.1 Å². The van der Waals surface area contributed by atoms with Gasteiger partial charge in [-0.25, -0.2) is 19.7 Å². The Morgan fingerprint density at radius 2 is 1.83 bits per heavy atom. The standard InChI is InChI=1S/C30H25N7O4S/c38-28(34-20-5-3-19(4-6-20)17-36-12-14-40-15-13-36)26-25-24-27(32-18-33-29(24)42-26)37(30(39)35-25)21-7-9-22(10-8-21)41-23-2-1-11-31-16-23/h1-11,16,18H,12-15,17H2,(H,34,38)(H,35,39). The maximum atomic E-state index is 13.4. The number of nitrogens with one attached hydrogen (secondary N) is 2. The van der Waals surface area contributed by atoms with Crippen molar-refractivity contribution in [3.63, 3.8) is 0 Å². The van der Waals surface area contributed by atoms with Gasteiger partial charge >= 0.3 is 6.03 Å². The maximum absolute atomic E-state index is 13.4. The van der Waals surface area contributed by atoms with Crippen molar-refractivity contribution in [3.8, 4) is 11.5 Å². The number of carbonyl (C=O) groups excluding carboxylic acids is 2. The van der Waals surface area contributed by atoms with E-state index in [9.17, 15) is 9.59 Å². The molecule has 2 aliphatic rings. The first-order valence-electron chi connectivity index (χ1n) is 13.4. The largest absolute Gasteiger partial charge is 0.456 e. The molecule has 0 unspecified atom stereocenters. The molecule has 3 aromatic heterocycles. The van der Waals surface area contributed by atoms with Crippen molar-refractivity contribution in [1.29, 1.82) is 0 Å². The summed E-state index contributed by atoms with van der Waals surface area (Å²) in [5, 5.41) is 6.47. The molecule has 3 amide bonds. The van der Waals surface area contributed by atoms with Gasteiger partial charge in [-0.05, 0) is 54.1 Å². The number of urea groups is 1. The van der Waals surface area contributed by atoms with E-state index in [0.717, 1.165) is 38.4 Å². The summed E-state index contributed by atoms with van der Waals surface area (Å²) < 4.78 is 11.2. The predicted molar refractivity (Wildman–Crippen MR) is 160 cm³/mol. The van der Waals surface area contributed by atoms with Gasteiger partial charge in [0.15, 0.2) is 5.82 Å². The Bertz CT molecular complexity index is 1760. The van der Waals surface area contributed by atoms with Crippen LogP contribution in [0, 0.1) is 0 Å². The molecule has 2 aromatic carbocycles. The summed E-state index contributed by atoms with van der Waals surface area (Å²) in [4.78, 5) is 44.4. The summed E-state index contributed by atoms with van der Waals surface area (Å²) >= 11 is 1.21. The Labute approximate surface area is 244 Å². The van der Waals surface area contributed by atoms with E-state index in [1.165, 1.54) is 22.6 Å². The number of benzene rings is 2. The first-order chi connectivity index (χ1) is 20.6. The zero-order valence-electron chi connectivity index (χ0n) is 22.3. The first-order valence-corrected chi connectivity index (χ1v) is 14.2. The molecule has 0 atom stereocenters. The lowest BCUT2D eigenvalue weighted by atomic mass is 10.1. The highest BCUT2D eigenvalue weighted by Crippen LogP contribution is 2.45. The Kier molecular flexibility index (Phi) is 6.92. The minimum Gasteiger partial charge on any atom is -0.456 e. The minimum atomic E-state index is -0.427. The van der Waals surface area contributed by atoms with Gasteiger partial charge in [-0.15, -0.1) is 11.3 Å². The Morgan fingerprint density at radius 3 is 2.60 bits per heavy atom. The molecule has 42 heavy (non-hydrogen) atoms. The molecule has 5 aromatic rings. The number of aromatic nitrogens is 3. The second-order valence-corrected chi connectivity index (χ2v) is 10.8. The number of carbonyl (C=O) groups is 2. The molecule has 0 bridgehead atoms. The Balaban J connectivity index is 1.11. The van der Waals surface area contributed by atoms with Crippen LogP contribution in [0.5, 0.6) is 11.5 Å². The molecule has 0 aliphatic carbocycles. The summed E-state index contributed by atoms with van der Waals surface area (Å²) in [5.41, 5.74) is 2.82. The van der Waals surface area contributed by atoms with Crippen LogP contribution in [0.3, 0.4) is 0 Å². The van der Waals surface area contributed by atoms with Crippen molar-refractivity contribution >= 4 is 56.4 Å². The second-order valence-electron chi connectivity index (χ2n) is 9.77. The van der Waals surface area contributed by atoms with Gasteiger partial charge in [0.1, 0.15) is 27.5 Å². The van der Waals surface area contributed by atoms with E-state index in [4.69, 9.17) is 9.47 Å². The van der Waals surface area contributed by atoms with Crippen LogP contribution >= 0.6 is 11.3 Å². The third kappa shape index (κ3) is 5.14. The van der Waals surface area contributed by atoms with Crippen LogP contribution < -0.4 is 20.3 Å². The molecule has 2 N–H and O–H groups in total. The molecule has 1 fully saturated rings. The lowest BCUT2D eigenvalue weighted by molar-refractivity contribution is 0.0342. The number of rotatable bonds is 7. The zero-order valence-corrected chi connectivity index (χ0v) is 23.1. The summed E-state index contributed by atoms with van der Waals surface area (Å²) in [6.07, 6.45) is 4.70. The van der Waals surface area contributed by atoms with Crippen molar-refractivity contribution in [3.05, 3.63) is 89.8 Å². The molecule has 0 radical (unpaired) electrons. The van der Waals surface area contributed by atoms with Gasteiger partial charge in [0.2, 0.25) is 0 Å². The number of morpholine rings is 1. The number of thiophene rings is 1. The van der Waals surface area contributed by atoms with E-state index in [1.807, 2.05) is 30.3 Å². The molecular formula is C30H25N7O4S. The molecule has 210 valence electrons. The number of pyridine rings is 1. The molecule has 0 spiro atoms. The highest BCUT2D eigenvalue weighted by molar-refractivity contribution is 7.21. The fraction of sp³-hybridized carbons (Fsp3) is 0.167. The average molecular weight is 580 g/mol. The third-order valence-corrected chi connectivity index (χ3v) is 8.10. The zero-order chi connectivity index (χ0) is 28.5. The van der Waals surface area contributed by atoms with E-state index >= 15 is 0 Å². The fourth-order valence-electron chi connectivity index (χ4n) is 4.97. The monoisotopic (exact) mass is 579 g/mol. The van der Waals surface area contributed by atoms with Gasteiger partial charge in [-0.2, -0.15) is 0 Å². The van der Waals surface area contributed by atoms with Gasteiger partial charge in [-0.1, -0.05) is 12.1 Å². The molecular weight excluding hydrogens is 554 g/mol. The van der Waals surface area contributed by atoms with E-state index in [2.05, 4.69) is 30.5 Å². The van der Waals surface area contributed by atoms with Crippen LogP contribution in [-0.2, 0) is 11.3 Å². The van der Waals surface area contributed by atoms with Crippen LogP contribution in [0.2, 0.25) is 0 Å². The van der Waals surface area contributed by atoms with Crippen molar-refractivity contribution in [2.24, 2.45) is 0 Å².